The molecule has 2 heterocycles. The van der Waals surface area contributed by atoms with Crippen molar-refractivity contribution in [2.45, 2.75) is 18.6 Å². The van der Waals surface area contributed by atoms with Crippen LogP contribution in [0.4, 0.5) is 5.69 Å². The van der Waals surface area contributed by atoms with Crippen molar-refractivity contribution < 1.29 is 23.5 Å². The highest BCUT2D eigenvalue weighted by atomic mass is 32.2. The number of furan rings is 1. The second kappa shape index (κ2) is 10.4. The van der Waals surface area contributed by atoms with E-state index in [9.17, 15) is 14.4 Å². The van der Waals surface area contributed by atoms with E-state index in [1.54, 1.807) is 54.9 Å². The number of carbonyl (C=O) groups is 3. The van der Waals surface area contributed by atoms with Gasteiger partial charge in [0.2, 0.25) is 5.91 Å². The van der Waals surface area contributed by atoms with Crippen LogP contribution in [0.1, 0.15) is 33.7 Å². The average molecular weight is 443 g/mol. The summed E-state index contributed by atoms with van der Waals surface area (Å²) in [4.78, 5) is 36.0. The van der Waals surface area contributed by atoms with E-state index in [0.29, 0.717) is 22.2 Å². The summed E-state index contributed by atoms with van der Waals surface area (Å²) < 4.78 is 11.7. The molecule has 0 aliphatic carbocycles. The first-order valence-corrected chi connectivity index (χ1v) is 10.4. The van der Waals surface area contributed by atoms with Gasteiger partial charge in [0.25, 0.3) is 5.91 Å². The fourth-order valence-corrected chi connectivity index (χ4v) is 3.27. The predicted octanol–water partition coefficient (Wildman–Crippen LogP) is 2.25. The summed E-state index contributed by atoms with van der Waals surface area (Å²) in [7, 11) is 1.75. The van der Waals surface area contributed by atoms with Gasteiger partial charge in [-0.1, -0.05) is 17.8 Å². The summed E-state index contributed by atoms with van der Waals surface area (Å²) in [6.07, 6.45) is 1.42. The Morgan fingerprint density at radius 1 is 1.19 bits per heavy atom. The van der Waals surface area contributed by atoms with Crippen LogP contribution < -0.4 is 10.6 Å². The number of rotatable bonds is 9. The van der Waals surface area contributed by atoms with E-state index in [-0.39, 0.29) is 36.5 Å². The monoisotopic (exact) mass is 443 g/mol. The summed E-state index contributed by atoms with van der Waals surface area (Å²) in [6.45, 7) is 2.17. The molecule has 162 valence electrons. The number of carbonyl (C=O) groups excluding carboxylic acids is 3. The largest absolute Gasteiger partial charge is 0.462 e. The standard InChI is InChI=1S/C20H21N5O5S/c1-3-29-19(28)13-6-4-7-14(10-13)22-17(26)12-31-20-24-23-16(25(20)2)11-21-18(27)15-8-5-9-30-15/h4-10H,3,11-12H2,1-2H3,(H,21,27)(H,22,26). The number of aromatic nitrogens is 3. The highest BCUT2D eigenvalue weighted by Crippen LogP contribution is 2.17. The van der Waals surface area contributed by atoms with Crippen molar-refractivity contribution in [1.82, 2.24) is 20.1 Å². The number of hydrogen-bond donors (Lipinski definition) is 2. The van der Waals surface area contributed by atoms with Crippen molar-refractivity contribution in [3.8, 4) is 0 Å². The predicted molar refractivity (Wildman–Crippen MR) is 113 cm³/mol. The molecule has 0 saturated carbocycles. The van der Waals surface area contributed by atoms with Crippen LogP contribution >= 0.6 is 11.8 Å². The Labute approximate surface area is 182 Å². The molecule has 3 aromatic rings. The summed E-state index contributed by atoms with van der Waals surface area (Å²) in [5.41, 5.74) is 0.859. The zero-order valence-corrected chi connectivity index (χ0v) is 17.8. The molecule has 0 atom stereocenters. The van der Waals surface area contributed by atoms with Gasteiger partial charge >= 0.3 is 5.97 Å². The minimum Gasteiger partial charge on any atom is -0.462 e. The lowest BCUT2D eigenvalue weighted by Crippen LogP contribution is -2.24. The first-order chi connectivity index (χ1) is 15.0. The van der Waals surface area contributed by atoms with Gasteiger partial charge < -0.3 is 24.4 Å². The average Bonchev–Trinajstić information content (AvgIpc) is 3.41. The molecule has 2 N–H and O–H groups in total. The number of nitrogens with one attached hydrogen (secondary N) is 2. The second-order valence-corrected chi connectivity index (χ2v) is 7.20. The molecule has 0 bridgehead atoms. The fourth-order valence-electron chi connectivity index (χ4n) is 2.54. The van der Waals surface area contributed by atoms with E-state index < -0.39 is 5.97 Å². The second-order valence-electron chi connectivity index (χ2n) is 6.26. The Balaban J connectivity index is 1.51. The number of thioether (sulfide) groups is 1. The molecule has 2 amide bonds. The highest BCUT2D eigenvalue weighted by Gasteiger charge is 2.14. The van der Waals surface area contributed by atoms with Crippen molar-refractivity contribution in [1.29, 1.82) is 0 Å². The molecule has 0 radical (unpaired) electrons. The van der Waals surface area contributed by atoms with Gasteiger partial charge in [-0.25, -0.2) is 4.79 Å². The van der Waals surface area contributed by atoms with Crippen LogP contribution in [0.25, 0.3) is 0 Å². The number of anilines is 1. The lowest BCUT2D eigenvalue weighted by molar-refractivity contribution is -0.113. The number of ether oxygens (including phenoxy) is 1. The van der Waals surface area contributed by atoms with Gasteiger partial charge in [0.15, 0.2) is 16.7 Å². The van der Waals surface area contributed by atoms with Gasteiger partial charge in [-0.2, -0.15) is 0 Å². The van der Waals surface area contributed by atoms with Crippen LogP contribution in [-0.4, -0.2) is 44.9 Å². The van der Waals surface area contributed by atoms with Crippen molar-refractivity contribution in [2.24, 2.45) is 7.05 Å². The van der Waals surface area contributed by atoms with E-state index in [2.05, 4.69) is 20.8 Å². The minimum atomic E-state index is -0.446. The molecule has 0 spiro atoms. The normalized spacial score (nSPS) is 10.5. The lowest BCUT2D eigenvalue weighted by atomic mass is 10.2. The molecule has 0 saturated heterocycles. The Morgan fingerprint density at radius 3 is 2.77 bits per heavy atom. The van der Waals surface area contributed by atoms with Gasteiger partial charge in [-0.3, -0.25) is 9.59 Å². The number of nitrogens with zero attached hydrogens (tertiary/aromatic N) is 3. The van der Waals surface area contributed by atoms with E-state index in [0.717, 1.165) is 0 Å². The molecule has 2 aromatic heterocycles. The molecule has 0 aliphatic heterocycles. The lowest BCUT2D eigenvalue weighted by Gasteiger charge is -2.07. The Kier molecular flexibility index (Phi) is 7.44. The number of amides is 2. The van der Waals surface area contributed by atoms with Crippen LogP contribution in [0.5, 0.6) is 0 Å². The van der Waals surface area contributed by atoms with Gasteiger partial charge in [-0.05, 0) is 37.3 Å². The van der Waals surface area contributed by atoms with Crippen LogP contribution in [0, 0.1) is 0 Å². The van der Waals surface area contributed by atoms with Gasteiger partial charge in [0, 0.05) is 12.7 Å². The van der Waals surface area contributed by atoms with Crippen molar-refractivity contribution in [3.05, 3.63) is 59.8 Å². The zero-order chi connectivity index (χ0) is 22.2. The third kappa shape index (κ3) is 5.95. The van der Waals surface area contributed by atoms with Crippen molar-refractivity contribution >= 4 is 35.2 Å². The summed E-state index contributed by atoms with van der Waals surface area (Å²) in [5.74, 6) is -0.230. The van der Waals surface area contributed by atoms with Gasteiger partial charge in [0.05, 0.1) is 30.7 Å². The molecular weight excluding hydrogens is 422 g/mol. The maximum Gasteiger partial charge on any atom is 0.338 e. The maximum absolute atomic E-state index is 12.3. The van der Waals surface area contributed by atoms with E-state index >= 15 is 0 Å². The number of esters is 1. The van der Waals surface area contributed by atoms with E-state index in [1.165, 1.54) is 18.0 Å². The minimum absolute atomic E-state index is 0.0916. The first-order valence-electron chi connectivity index (χ1n) is 9.37. The fraction of sp³-hybridized carbons (Fsp3) is 0.250. The van der Waals surface area contributed by atoms with Crippen LogP contribution in [-0.2, 0) is 23.1 Å². The summed E-state index contributed by atoms with van der Waals surface area (Å²) >= 11 is 1.20. The Morgan fingerprint density at radius 2 is 2.03 bits per heavy atom. The third-order valence-electron chi connectivity index (χ3n) is 4.07. The molecule has 10 nitrogen and oxygen atoms in total. The van der Waals surface area contributed by atoms with E-state index in [4.69, 9.17) is 9.15 Å². The highest BCUT2D eigenvalue weighted by molar-refractivity contribution is 7.99. The SMILES string of the molecule is CCOC(=O)c1cccc(NC(=O)CSc2nnc(CNC(=O)c3ccco3)n2C)c1. The molecule has 0 aliphatic rings. The van der Waals surface area contributed by atoms with Crippen molar-refractivity contribution in [2.75, 3.05) is 17.7 Å². The summed E-state index contributed by atoms with van der Waals surface area (Å²) in [5, 5.41) is 14.1. The molecule has 3 rings (SSSR count). The van der Waals surface area contributed by atoms with Gasteiger partial charge in [-0.15, -0.1) is 10.2 Å². The van der Waals surface area contributed by atoms with Crippen molar-refractivity contribution in [3.63, 3.8) is 0 Å². The molecule has 1 aromatic carbocycles. The number of benzene rings is 1. The molecular formula is C20H21N5O5S. The Hall–Kier alpha value is -3.60. The Bertz CT molecular complexity index is 1060. The van der Waals surface area contributed by atoms with E-state index in [1.807, 2.05) is 0 Å². The first kappa shape index (κ1) is 22.1. The zero-order valence-electron chi connectivity index (χ0n) is 17.0. The van der Waals surface area contributed by atoms with Crippen LogP contribution in [0.3, 0.4) is 0 Å². The smallest absolute Gasteiger partial charge is 0.338 e. The molecule has 0 unspecified atom stereocenters. The van der Waals surface area contributed by atoms with Crippen LogP contribution in [0.2, 0.25) is 0 Å². The topological polar surface area (TPSA) is 128 Å². The third-order valence-corrected chi connectivity index (χ3v) is 5.09. The maximum atomic E-state index is 12.3. The summed E-state index contributed by atoms with van der Waals surface area (Å²) in [6, 6.07) is 9.73. The molecule has 11 heteroatoms. The quantitative estimate of drug-likeness (QED) is 0.381. The van der Waals surface area contributed by atoms with Gasteiger partial charge in [0.1, 0.15) is 0 Å². The number of hydrogen-bond acceptors (Lipinski definition) is 8. The van der Waals surface area contributed by atoms with Crippen LogP contribution in [0.15, 0.2) is 52.2 Å². The molecule has 0 fully saturated rings. The molecule has 31 heavy (non-hydrogen) atoms.